The van der Waals surface area contributed by atoms with Gasteiger partial charge in [0, 0.05) is 31.5 Å². The van der Waals surface area contributed by atoms with Crippen LogP contribution < -0.4 is 10.6 Å². The van der Waals surface area contributed by atoms with Crippen molar-refractivity contribution in [2.24, 2.45) is 5.92 Å². The van der Waals surface area contributed by atoms with Gasteiger partial charge < -0.3 is 20.1 Å². The molecule has 1 unspecified atom stereocenters. The van der Waals surface area contributed by atoms with Gasteiger partial charge in [0.1, 0.15) is 23.4 Å². The van der Waals surface area contributed by atoms with Gasteiger partial charge in [-0.15, -0.1) is 0 Å². The maximum Gasteiger partial charge on any atom is 0.228 e. The highest BCUT2D eigenvalue weighted by Gasteiger charge is 2.31. The lowest BCUT2D eigenvalue weighted by molar-refractivity contribution is -0.117. The number of hydrogen-bond donors (Lipinski definition) is 2. The number of imidazole rings is 1. The molecule has 1 saturated carbocycles. The second-order valence-electron chi connectivity index (χ2n) is 10.5. The Labute approximate surface area is 222 Å². The van der Waals surface area contributed by atoms with Crippen LogP contribution in [0.1, 0.15) is 68.7 Å². The van der Waals surface area contributed by atoms with Crippen molar-refractivity contribution in [3.8, 4) is 0 Å². The fourth-order valence-electron chi connectivity index (χ4n) is 5.31. The van der Waals surface area contributed by atoms with Gasteiger partial charge in [0.05, 0.1) is 22.4 Å². The summed E-state index contributed by atoms with van der Waals surface area (Å²) in [5, 5.41) is 6.26. The van der Waals surface area contributed by atoms with E-state index in [0.29, 0.717) is 41.6 Å². The highest BCUT2D eigenvalue weighted by molar-refractivity contribution is 7.90. The molecule has 10 nitrogen and oxygen atoms in total. The monoisotopic (exact) mass is 539 g/mol. The summed E-state index contributed by atoms with van der Waals surface area (Å²) < 4.78 is 39.5. The predicted octanol–water partition coefficient (Wildman–Crippen LogP) is 4.79. The van der Waals surface area contributed by atoms with Gasteiger partial charge >= 0.3 is 0 Å². The average molecular weight is 540 g/mol. The van der Waals surface area contributed by atoms with Crippen LogP contribution in [0.4, 0.5) is 17.2 Å². The average Bonchev–Trinajstić information content (AvgIpc) is 3.49. The number of rotatable bonds is 7. The van der Waals surface area contributed by atoms with Gasteiger partial charge in [-0.2, -0.15) is 0 Å². The van der Waals surface area contributed by atoms with E-state index < -0.39 is 9.84 Å². The highest BCUT2D eigenvalue weighted by Crippen LogP contribution is 2.37. The summed E-state index contributed by atoms with van der Waals surface area (Å²) in [6.07, 6.45) is 7.38. The number of benzene rings is 1. The van der Waals surface area contributed by atoms with Crippen LogP contribution in [0.5, 0.6) is 0 Å². The zero-order valence-electron chi connectivity index (χ0n) is 21.7. The van der Waals surface area contributed by atoms with E-state index in [9.17, 15) is 13.2 Å². The standard InChI is InChI=1S/C27H33N5O5S/c1-16-28-25-20(29-19-11-10-18(21-6-5-13-36-21)14-22(19)38(2,34)35)15-23(31-27(33)17-8-9-17)30-26(25)32(16)24-7-3-4-12-37-24/h10-11,14-15,17,21,24H,3-9,12-13H2,1-2H3,(H2,29,30,31,33)/t21-,24?/m1/s1. The Kier molecular flexibility index (Phi) is 6.61. The van der Waals surface area contributed by atoms with Gasteiger partial charge in [-0.3, -0.25) is 9.36 Å². The molecule has 2 saturated heterocycles. The molecule has 3 fully saturated rings. The fourth-order valence-corrected chi connectivity index (χ4v) is 6.18. The molecule has 202 valence electrons. The van der Waals surface area contributed by atoms with Crippen LogP contribution in [0.15, 0.2) is 29.2 Å². The molecule has 38 heavy (non-hydrogen) atoms. The number of anilines is 3. The topological polar surface area (TPSA) is 124 Å². The van der Waals surface area contributed by atoms with Crippen LogP contribution in [0.25, 0.3) is 11.2 Å². The highest BCUT2D eigenvalue weighted by atomic mass is 32.2. The van der Waals surface area contributed by atoms with E-state index in [1.54, 1.807) is 18.2 Å². The van der Waals surface area contributed by atoms with Crippen LogP contribution >= 0.6 is 0 Å². The third-order valence-electron chi connectivity index (χ3n) is 7.44. The number of aromatic nitrogens is 3. The van der Waals surface area contributed by atoms with Crippen molar-refractivity contribution in [1.82, 2.24) is 14.5 Å². The predicted molar refractivity (Wildman–Crippen MR) is 143 cm³/mol. The number of nitrogens with zero attached hydrogens (tertiary/aromatic N) is 3. The number of sulfone groups is 1. The molecule has 0 radical (unpaired) electrons. The van der Waals surface area contributed by atoms with Crippen molar-refractivity contribution in [3.05, 3.63) is 35.7 Å². The summed E-state index contributed by atoms with van der Waals surface area (Å²) in [7, 11) is -3.56. The number of carbonyl (C=O) groups excluding carboxylic acids is 1. The first-order chi connectivity index (χ1) is 18.3. The third kappa shape index (κ3) is 5.02. The lowest BCUT2D eigenvalue weighted by Crippen LogP contribution is -2.20. The molecule has 1 aromatic carbocycles. The maximum absolute atomic E-state index is 12.8. The second kappa shape index (κ2) is 9.94. The summed E-state index contributed by atoms with van der Waals surface area (Å²) in [5.74, 6) is 1.09. The quantitative estimate of drug-likeness (QED) is 0.439. The van der Waals surface area contributed by atoms with Gasteiger partial charge in [0.15, 0.2) is 15.5 Å². The Morgan fingerprint density at radius 2 is 1.82 bits per heavy atom. The first kappa shape index (κ1) is 25.3. The molecule has 11 heteroatoms. The van der Waals surface area contributed by atoms with Gasteiger partial charge in [0.2, 0.25) is 5.91 Å². The van der Waals surface area contributed by atoms with Crippen molar-refractivity contribution in [2.75, 3.05) is 30.1 Å². The molecule has 0 spiro atoms. The number of pyridine rings is 1. The first-order valence-corrected chi connectivity index (χ1v) is 15.2. The summed E-state index contributed by atoms with van der Waals surface area (Å²) in [6, 6.07) is 7.10. The number of ether oxygens (including phenoxy) is 2. The van der Waals surface area contributed by atoms with Crippen molar-refractivity contribution < 1.29 is 22.7 Å². The molecule has 1 amide bonds. The van der Waals surface area contributed by atoms with Crippen LogP contribution in [-0.2, 0) is 24.1 Å². The summed E-state index contributed by atoms with van der Waals surface area (Å²) in [5.41, 5.74) is 3.02. The van der Waals surface area contributed by atoms with Gasteiger partial charge in [-0.25, -0.2) is 18.4 Å². The molecular formula is C27H33N5O5S. The Hall–Kier alpha value is -3.02. The summed E-state index contributed by atoms with van der Waals surface area (Å²) in [6.45, 7) is 3.25. The zero-order chi connectivity index (χ0) is 26.4. The molecule has 2 aliphatic heterocycles. The number of fused-ring (bicyclic) bond motifs is 1. The molecule has 6 rings (SSSR count). The maximum atomic E-state index is 12.8. The van der Waals surface area contributed by atoms with Gasteiger partial charge in [-0.05, 0) is 69.6 Å². The molecule has 2 aromatic heterocycles. The number of aryl methyl sites for hydroxylation is 1. The Balaban J connectivity index is 1.44. The van der Waals surface area contributed by atoms with Crippen LogP contribution in [0.2, 0.25) is 0 Å². The Morgan fingerprint density at radius 1 is 1.00 bits per heavy atom. The fraction of sp³-hybridized carbons (Fsp3) is 0.519. The number of amides is 1. The van der Waals surface area contributed by atoms with E-state index >= 15 is 0 Å². The van der Waals surface area contributed by atoms with Crippen LogP contribution in [0.3, 0.4) is 0 Å². The molecule has 3 aliphatic rings. The molecule has 0 bridgehead atoms. The Morgan fingerprint density at radius 3 is 2.50 bits per heavy atom. The summed E-state index contributed by atoms with van der Waals surface area (Å²) in [4.78, 5) is 22.4. The van der Waals surface area contributed by atoms with Crippen molar-refractivity contribution in [2.45, 2.75) is 69.1 Å². The molecule has 3 aromatic rings. The minimum Gasteiger partial charge on any atom is -0.374 e. The van der Waals surface area contributed by atoms with E-state index in [1.165, 1.54) is 6.26 Å². The minimum absolute atomic E-state index is 0.0134. The summed E-state index contributed by atoms with van der Waals surface area (Å²) >= 11 is 0. The van der Waals surface area contributed by atoms with Crippen molar-refractivity contribution in [1.29, 1.82) is 0 Å². The first-order valence-electron chi connectivity index (χ1n) is 13.3. The van der Waals surface area contributed by atoms with E-state index in [4.69, 9.17) is 19.4 Å². The lowest BCUT2D eigenvalue weighted by atomic mass is 10.1. The molecular weight excluding hydrogens is 506 g/mol. The van der Waals surface area contributed by atoms with Crippen molar-refractivity contribution >= 4 is 44.1 Å². The largest absolute Gasteiger partial charge is 0.374 e. The smallest absolute Gasteiger partial charge is 0.228 e. The lowest BCUT2D eigenvalue weighted by Gasteiger charge is -2.25. The van der Waals surface area contributed by atoms with Crippen LogP contribution in [0, 0.1) is 12.8 Å². The number of nitrogens with one attached hydrogen (secondary N) is 2. The number of carbonyl (C=O) groups is 1. The van der Waals surface area contributed by atoms with Crippen LogP contribution in [-0.4, -0.2) is 48.3 Å². The minimum atomic E-state index is -3.56. The van der Waals surface area contributed by atoms with E-state index in [2.05, 4.69) is 10.6 Å². The van der Waals surface area contributed by atoms with E-state index in [1.807, 2.05) is 17.6 Å². The van der Waals surface area contributed by atoms with Gasteiger partial charge in [0.25, 0.3) is 0 Å². The second-order valence-corrected chi connectivity index (χ2v) is 12.5. The SMILES string of the molecule is Cc1nc2c(Nc3ccc([C@H]4CCCO4)cc3S(C)(=O)=O)cc(NC(=O)C3CC3)nc2n1C1CCCCO1. The van der Waals surface area contributed by atoms with E-state index in [0.717, 1.165) is 56.3 Å². The Bertz CT molecular complexity index is 1490. The van der Waals surface area contributed by atoms with Gasteiger partial charge in [-0.1, -0.05) is 6.07 Å². The van der Waals surface area contributed by atoms with E-state index in [-0.39, 0.29) is 29.1 Å². The normalized spacial score (nSPS) is 22.1. The third-order valence-corrected chi connectivity index (χ3v) is 8.58. The van der Waals surface area contributed by atoms with Crippen molar-refractivity contribution in [3.63, 3.8) is 0 Å². The molecule has 1 aliphatic carbocycles. The molecule has 4 heterocycles. The zero-order valence-corrected chi connectivity index (χ0v) is 22.5. The number of hydrogen-bond acceptors (Lipinski definition) is 8. The molecule has 2 N–H and O–H groups in total. The molecule has 2 atom stereocenters.